The standard InChI is InChI=1S/C30H47FO/c1-3-5-18-32-28-16-17-29(30(31)21-28)27-15-14-25-19-24(12-13-26(25)20-27)11-10-23-8-6-22(4-2)7-9-23/h16-17,21-27H,3-15,18-20H2,1-2H3. The minimum absolute atomic E-state index is 0.0473. The molecule has 3 aliphatic carbocycles. The number of halogens is 1. The molecule has 0 N–H and O–H groups in total. The van der Waals surface area contributed by atoms with Crippen LogP contribution in [0.5, 0.6) is 5.75 Å². The largest absolute Gasteiger partial charge is 0.493 e. The first-order valence-corrected chi connectivity index (χ1v) is 14.1. The lowest BCUT2D eigenvalue weighted by atomic mass is 9.63. The number of hydrogen-bond acceptors (Lipinski definition) is 1. The summed E-state index contributed by atoms with van der Waals surface area (Å²) in [5, 5.41) is 0. The fourth-order valence-corrected chi connectivity index (χ4v) is 7.19. The van der Waals surface area contributed by atoms with E-state index in [-0.39, 0.29) is 5.82 Å². The normalized spacial score (nSPS) is 33.0. The molecule has 4 unspecified atom stereocenters. The summed E-state index contributed by atoms with van der Waals surface area (Å²) in [6.07, 6.45) is 20.4. The molecule has 32 heavy (non-hydrogen) atoms. The van der Waals surface area contributed by atoms with Gasteiger partial charge in [0, 0.05) is 6.07 Å². The minimum Gasteiger partial charge on any atom is -0.493 e. The molecule has 0 aromatic heterocycles. The van der Waals surface area contributed by atoms with Crippen molar-refractivity contribution in [1.29, 1.82) is 0 Å². The van der Waals surface area contributed by atoms with Gasteiger partial charge in [0.1, 0.15) is 11.6 Å². The van der Waals surface area contributed by atoms with Gasteiger partial charge in [-0.2, -0.15) is 0 Å². The summed E-state index contributed by atoms with van der Waals surface area (Å²) in [5.74, 6) is 5.78. The zero-order valence-electron chi connectivity index (χ0n) is 20.8. The number of ether oxygens (including phenoxy) is 1. The van der Waals surface area contributed by atoms with Gasteiger partial charge in [0.2, 0.25) is 0 Å². The highest BCUT2D eigenvalue weighted by Gasteiger charge is 2.36. The molecular weight excluding hydrogens is 395 g/mol. The molecule has 1 aromatic rings. The predicted octanol–water partition coefficient (Wildman–Crippen LogP) is 9.30. The molecule has 0 spiro atoms. The molecule has 3 aliphatic rings. The first-order valence-electron chi connectivity index (χ1n) is 14.1. The summed E-state index contributed by atoms with van der Waals surface area (Å²) >= 11 is 0. The van der Waals surface area contributed by atoms with Crippen molar-refractivity contribution in [1.82, 2.24) is 0 Å². The number of rotatable bonds is 9. The molecule has 1 nitrogen and oxygen atoms in total. The highest BCUT2D eigenvalue weighted by molar-refractivity contribution is 5.31. The predicted molar refractivity (Wildman–Crippen MR) is 133 cm³/mol. The third kappa shape index (κ3) is 6.29. The van der Waals surface area contributed by atoms with Gasteiger partial charge >= 0.3 is 0 Å². The Balaban J connectivity index is 1.22. The van der Waals surface area contributed by atoms with Gasteiger partial charge in [0.25, 0.3) is 0 Å². The molecule has 0 aliphatic heterocycles. The summed E-state index contributed by atoms with van der Waals surface area (Å²) in [7, 11) is 0. The van der Waals surface area contributed by atoms with Crippen LogP contribution in [0.2, 0.25) is 0 Å². The summed E-state index contributed by atoms with van der Waals surface area (Å²) < 4.78 is 20.6. The lowest BCUT2D eigenvalue weighted by Gasteiger charge is -2.43. The topological polar surface area (TPSA) is 9.23 Å². The number of benzene rings is 1. The van der Waals surface area contributed by atoms with Crippen LogP contribution < -0.4 is 4.74 Å². The molecule has 2 heteroatoms. The third-order valence-electron chi connectivity index (χ3n) is 9.43. The van der Waals surface area contributed by atoms with Crippen LogP contribution in [0.1, 0.15) is 122 Å². The SMILES string of the molecule is CCCCOc1ccc(C2CCC3CC(CCC4CCC(CC)CC4)CCC3C2)c(F)c1. The van der Waals surface area contributed by atoms with Crippen molar-refractivity contribution in [3.05, 3.63) is 29.6 Å². The average molecular weight is 443 g/mol. The van der Waals surface area contributed by atoms with Gasteiger partial charge in [-0.1, -0.05) is 77.7 Å². The Labute approximate surface area is 196 Å². The van der Waals surface area contributed by atoms with Gasteiger partial charge in [0.05, 0.1) is 6.61 Å². The molecule has 4 atom stereocenters. The second kappa shape index (κ2) is 11.9. The van der Waals surface area contributed by atoms with Crippen molar-refractivity contribution < 1.29 is 9.13 Å². The highest BCUT2D eigenvalue weighted by atomic mass is 19.1. The van der Waals surface area contributed by atoms with Crippen molar-refractivity contribution in [3.8, 4) is 5.75 Å². The smallest absolute Gasteiger partial charge is 0.130 e. The second-order valence-corrected chi connectivity index (χ2v) is 11.5. The first kappa shape index (κ1) is 24.1. The van der Waals surface area contributed by atoms with Crippen LogP contribution >= 0.6 is 0 Å². The average Bonchev–Trinajstić information content (AvgIpc) is 2.83. The second-order valence-electron chi connectivity index (χ2n) is 11.5. The Morgan fingerprint density at radius 2 is 1.50 bits per heavy atom. The summed E-state index contributed by atoms with van der Waals surface area (Å²) in [4.78, 5) is 0. The van der Waals surface area contributed by atoms with Gasteiger partial charge in [-0.05, 0) is 85.7 Å². The van der Waals surface area contributed by atoms with Gasteiger partial charge in [0.15, 0.2) is 0 Å². The van der Waals surface area contributed by atoms with E-state index in [1.54, 1.807) is 6.07 Å². The Bertz CT molecular complexity index is 692. The Kier molecular flexibility index (Phi) is 8.95. The molecule has 0 bridgehead atoms. The minimum atomic E-state index is -0.0473. The molecular formula is C30H47FO. The van der Waals surface area contributed by atoms with E-state index in [4.69, 9.17) is 4.74 Å². The maximum Gasteiger partial charge on any atom is 0.130 e. The van der Waals surface area contributed by atoms with Crippen LogP contribution in [-0.4, -0.2) is 6.61 Å². The number of unbranched alkanes of at least 4 members (excludes halogenated alkanes) is 1. The molecule has 0 amide bonds. The maximum absolute atomic E-state index is 14.9. The van der Waals surface area contributed by atoms with Crippen LogP contribution in [0.15, 0.2) is 18.2 Å². The fourth-order valence-electron chi connectivity index (χ4n) is 7.19. The van der Waals surface area contributed by atoms with Gasteiger partial charge in [-0.25, -0.2) is 4.39 Å². The number of fused-ring (bicyclic) bond motifs is 1. The lowest BCUT2D eigenvalue weighted by molar-refractivity contribution is 0.108. The van der Waals surface area contributed by atoms with E-state index in [0.29, 0.717) is 18.3 Å². The molecule has 180 valence electrons. The van der Waals surface area contributed by atoms with Crippen molar-refractivity contribution in [2.45, 2.75) is 116 Å². The van der Waals surface area contributed by atoms with Crippen LogP contribution in [-0.2, 0) is 0 Å². The highest BCUT2D eigenvalue weighted by Crippen LogP contribution is 2.49. The third-order valence-corrected chi connectivity index (χ3v) is 9.43. The fraction of sp³-hybridized carbons (Fsp3) is 0.800. The summed E-state index contributed by atoms with van der Waals surface area (Å²) in [6.45, 7) is 5.20. The zero-order valence-corrected chi connectivity index (χ0v) is 20.8. The quantitative estimate of drug-likeness (QED) is 0.346. The van der Waals surface area contributed by atoms with E-state index in [1.165, 1.54) is 83.5 Å². The van der Waals surface area contributed by atoms with Crippen molar-refractivity contribution in [2.75, 3.05) is 6.61 Å². The molecule has 1 aromatic carbocycles. The van der Waals surface area contributed by atoms with Gasteiger partial charge < -0.3 is 4.74 Å². The maximum atomic E-state index is 14.9. The van der Waals surface area contributed by atoms with E-state index in [1.807, 2.05) is 12.1 Å². The van der Waals surface area contributed by atoms with Crippen LogP contribution in [0.3, 0.4) is 0 Å². The van der Waals surface area contributed by atoms with E-state index < -0.39 is 0 Å². The van der Waals surface area contributed by atoms with Crippen molar-refractivity contribution in [3.63, 3.8) is 0 Å². The number of hydrogen-bond donors (Lipinski definition) is 0. The summed E-state index contributed by atoms with van der Waals surface area (Å²) in [5.41, 5.74) is 0.941. The molecule has 0 radical (unpaired) electrons. The molecule has 3 fully saturated rings. The molecule has 0 saturated heterocycles. The van der Waals surface area contributed by atoms with E-state index in [2.05, 4.69) is 13.8 Å². The van der Waals surface area contributed by atoms with Crippen LogP contribution in [0.25, 0.3) is 0 Å². The monoisotopic (exact) mass is 442 g/mol. The van der Waals surface area contributed by atoms with E-state index in [9.17, 15) is 4.39 Å². The Morgan fingerprint density at radius 1 is 0.812 bits per heavy atom. The van der Waals surface area contributed by atoms with Gasteiger partial charge in [-0.15, -0.1) is 0 Å². The Hall–Kier alpha value is -1.05. The Morgan fingerprint density at radius 3 is 2.25 bits per heavy atom. The van der Waals surface area contributed by atoms with E-state index >= 15 is 0 Å². The zero-order chi connectivity index (χ0) is 22.3. The van der Waals surface area contributed by atoms with Gasteiger partial charge in [-0.3, -0.25) is 0 Å². The van der Waals surface area contributed by atoms with E-state index in [0.717, 1.165) is 48.0 Å². The first-order chi connectivity index (χ1) is 15.7. The van der Waals surface area contributed by atoms with Crippen LogP contribution in [0.4, 0.5) is 4.39 Å². The molecule has 0 heterocycles. The molecule has 4 rings (SSSR count). The lowest BCUT2D eigenvalue weighted by Crippen LogP contribution is -2.31. The van der Waals surface area contributed by atoms with Crippen molar-refractivity contribution >= 4 is 0 Å². The van der Waals surface area contributed by atoms with Crippen molar-refractivity contribution in [2.24, 2.45) is 29.6 Å². The molecule has 3 saturated carbocycles. The summed E-state index contributed by atoms with van der Waals surface area (Å²) in [6, 6.07) is 5.63. The van der Waals surface area contributed by atoms with Crippen LogP contribution in [0, 0.1) is 35.4 Å².